The van der Waals surface area contributed by atoms with Crippen LogP contribution in [0.3, 0.4) is 0 Å². The van der Waals surface area contributed by atoms with E-state index in [1.165, 1.54) is 0 Å². The molecule has 0 atom stereocenters. The number of ketones is 1. The highest BCUT2D eigenvalue weighted by Gasteiger charge is 2.13. The molecule has 1 heterocycles. The SMILES string of the molecule is CCOC=O.Cc1ccc(C(=O)c2c[nH]c3ccccc23)cc1. The van der Waals surface area contributed by atoms with Crippen molar-refractivity contribution >= 4 is 23.2 Å². The number of fused-ring (bicyclic) bond motifs is 1. The summed E-state index contributed by atoms with van der Waals surface area (Å²) in [6.45, 7) is 4.68. The topological polar surface area (TPSA) is 59.2 Å². The van der Waals surface area contributed by atoms with Gasteiger partial charge in [-0.3, -0.25) is 9.59 Å². The van der Waals surface area contributed by atoms with Crippen LogP contribution in [0.4, 0.5) is 0 Å². The molecule has 4 nitrogen and oxygen atoms in total. The highest BCUT2D eigenvalue weighted by Crippen LogP contribution is 2.20. The van der Waals surface area contributed by atoms with Gasteiger partial charge in [0.15, 0.2) is 5.78 Å². The summed E-state index contributed by atoms with van der Waals surface area (Å²) in [5, 5.41) is 0.975. The smallest absolute Gasteiger partial charge is 0.293 e. The Morgan fingerprint density at radius 1 is 1.13 bits per heavy atom. The van der Waals surface area contributed by atoms with E-state index in [0.717, 1.165) is 27.6 Å². The second kappa shape index (κ2) is 7.94. The minimum absolute atomic E-state index is 0.0625. The summed E-state index contributed by atoms with van der Waals surface area (Å²) in [6, 6.07) is 15.5. The second-order valence-corrected chi connectivity index (χ2v) is 4.99. The van der Waals surface area contributed by atoms with E-state index in [4.69, 9.17) is 0 Å². The lowest BCUT2D eigenvalue weighted by molar-refractivity contribution is -0.128. The van der Waals surface area contributed by atoms with Crippen LogP contribution in [0.25, 0.3) is 10.9 Å². The zero-order valence-electron chi connectivity index (χ0n) is 13.2. The van der Waals surface area contributed by atoms with Crippen molar-refractivity contribution in [1.82, 2.24) is 4.98 Å². The van der Waals surface area contributed by atoms with Gasteiger partial charge in [0.05, 0.1) is 6.61 Å². The van der Waals surface area contributed by atoms with E-state index in [1.54, 1.807) is 13.1 Å². The maximum absolute atomic E-state index is 12.4. The maximum atomic E-state index is 12.4. The zero-order valence-corrected chi connectivity index (χ0v) is 13.2. The van der Waals surface area contributed by atoms with E-state index >= 15 is 0 Å². The molecule has 0 aliphatic carbocycles. The fourth-order valence-corrected chi connectivity index (χ4v) is 2.19. The van der Waals surface area contributed by atoms with Crippen molar-refractivity contribution in [2.75, 3.05) is 6.61 Å². The second-order valence-electron chi connectivity index (χ2n) is 4.99. The molecule has 2 aromatic carbocycles. The molecule has 0 amide bonds. The number of carbonyl (C=O) groups is 2. The third-order valence-corrected chi connectivity index (χ3v) is 3.38. The molecule has 118 valence electrons. The Morgan fingerprint density at radius 3 is 2.43 bits per heavy atom. The van der Waals surface area contributed by atoms with Crippen molar-refractivity contribution in [3.63, 3.8) is 0 Å². The molecule has 0 radical (unpaired) electrons. The van der Waals surface area contributed by atoms with Gasteiger partial charge in [0, 0.05) is 28.2 Å². The summed E-state index contributed by atoms with van der Waals surface area (Å²) in [5.74, 6) is 0.0625. The standard InChI is InChI=1S/C16H13NO.C3H6O2/c1-11-6-8-12(9-7-11)16(18)14-10-17-15-5-3-2-4-13(14)15;1-2-5-3-4/h2-10,17H,1H3;3H,2H2,1H3. The minimum atomic E-state index is 0.0625. The lowest BCUT2D eigenvalue weighted by Crippen LogP contribution is -1.99. The van der Waals surface area contributed by atoms with Gasteiger partial charge < -0.3 is 9.72 Å². The van der Waals surface area contributed by atoms with E-state index in [9.17, 15) is 9.59 Å². The molecule has 3 aromatic rings. The predicted molar refractivity (Wildman–Crippen MR) is 90.6 cm³/mol. The first kappa shape index (κ1) is 16.5. The number of aromatic amines is 1. The molecule has 0 saturated heterocycles. The molecule has 0 saturated carbocycles. The van der Waals surface area contributed by atoms with Crippen LogP contribution in [0.5, 0.6) is 0 Å². The summed E-state index contributed by atoms with van der Waals surface area (Å²) in [7, 11) is 0. The number of para-hydroxylation sites is 1. The third-order valence-electron chi connectivity index (χ3n) is 3.38. The van der Waals surface area contributed by atoms with E-state index in [0.29, 0.717) is 13.1 Å². The Bertz CT molecular complexity index is 788. The largest absolute Gasteiger partial charge is 0.468 e. The molecule has 0 aliphatic rings. The highest BCUT2D eigenvalue weighted by atomic mass is 16.5. The summed E-state index contributed by atoms with van der Waals surface area (Å²) in [5.41, 5.74) is 3.61. The molecule has 4 heteroatoms. The van der Waals surface area contributed by atoms with Crippen molar-refractivity contribution < 1.29 is 14.3 Å². The summed E-state index contributed by atoms with van der Waals surface area (Å²) in [6.07, 6.45) is 1.78. The quantitative estimate of drug-likeness (QED) is 0.587. The van der Waals surface area contributed by atoms with Crippen LogP contribution in [0.2, 0.25) is 0 Å². The van der Waals surface area contributed by atoms with Crippen LogP contribution in [0.15, 0.2) is 54.7 Å². The van der Waals surface area contributed by atoms with E-state index in [2.05, 4.69) is 9.72 Å². The van der Waals surface area contributed by atoms with Gasteiger partial charge in [-0.2, -0.15) is 0 Å². The fourth-order valence-electron chi connectivity index (χ4n) is 2.19. The monoisotopic (exact) mass is 309 g/mol. The molecule has 0 spiro atoms. The number of benzene rings is 2. The molecule has 0 fully saturated rings. The number of ether oxygens (including phenoxy) is 1. The lowest BCUT2D eigenvalue weighted by Gasteiger charge is -2.00. The summed E-state index contributed by atoms with van der Waals surface area (Å²) < 4.78 is 4.15. The Morgan fingerprint density at radius 2 is 1.83 bits per heavy atom. The normalized spacial score (nSPS) is 9.83. The molecule has 23 heavy (non-hydrogen) atoms. The number of hydrogen-bond donors (Lipinski definition) is 1. The molecule has 3 rings (SSSR count). The molecular weight excluding hydrogens is 290 g/mol. The van der Waals surface area contributed by atoms with E-state index in [-0.39, 0.29) is 5.78 Å². The number of aromatic nitrogens is 1. The number of aryl methyl sites for hydroxylation is 1. The molecular formula is C19H19NO3. The van der Waals surface area contributed by atoms with Gasteiger partial charge in [-0.15, -0.1) is 0 Å². The predicted octanol–water partition coefficient (Wildman–Crippen LogP) is 3.89. The Kier molecular flexibility index (Phi) is 5.69. The van der Waals surface area contributed by atoms with Crippen molar-refractivity contribution in [2.24, 2.45) is 0 Å². The van der Waals surface area contributed by atoms with Crippen LogP contribution in [0.1, 0.15) is 28.4 Å². The first-order chi connectivity index (χ1) is 11.2. The average molecular weight is 309 g/mol. The van der Waals surface area contributed by atoms with Crippen LogP contribution in [-0.4, -0.2) is 23.8 Å². The average Bonchev–Trinajstić information content (AvgIpc) is 3.00. The van der Waals surface area contributed by atoms with Gasteiger partial charge in [0.25, 0.3) is 6.47 Å². The number of H-pyrrole nitrogens is 1. The van der Waals surface area contributed by atoms with Crippen LogP contribution in [-0.2, 0) is 9.53 Å². The van der Waals surface area contributed by atoms with Gasteiger partial charge in [-0.1, -0.05) is 48.0 Å². The minimum Gasteiger partial charge on any atom is -0.468 e. The Labute approximate surface area is 135 Å². The first-order valence-electron chi connectivity index (χ1n) is 7.40. The summed E-state index contributed by atoms with van der Waals surface area (Å²) in [4.78, 5) is 24.7. The number of nitrogens with one attached hydrogen (secondary N) is 1. The van der Waals surface area contributed by atoms with Gasteiger partial charge in [-0.05, 0) is 19.9 Å². The van der Waals surface area contributed by atoms with Crippen molar-refractivity contribution in [1.29, 1.82) is 0 Å². The van der Waals surface area contributed by atoms with Crippen molar-refractivity contribution in [3.05, 3.63) is 71.4 Å². The highest BCUT2D eigenvalue weighted by molar-refractivity contribution is 6.16. The zero-order chi connectivity index (χ0) is 16.7. The maximum Gasteiger partial charge on any atom is 0.293 e. The number of hydrogen-bond acceptors (Lipinski definition) is 3. The molecule has 1 N–H and O–H groups in total. The number of rotatable bonds is 4. The van der Waals surface area contributed by atoms with Crippen LogP contribution < -0.4 is 0 Å². The third kappa shape index (κ3) is 4.07. The van der Waals surface area contributed by atoms with Gasteiger partial charge in [0.1, 0.15) is 0 Å². The van der Waals surface area contributed by atoms with Crippen LogP contribution in [0, 0.1) is 6.92 Å². The van der Waals surface area contributed by atoms with E-state index < -0.39 is 0 Å². The first-order valence-corrected chi connectivity index (χ1v) is 7.40. The molecule has 0 bridgehead atoms. The lowest BCUT2D eigenvalue weighted by atomic mass is 10.0. The molecule has 0 unspecified atom stereocenters. The van der Waals surface area contributed by atoms with E-state index in [1.807, 2.05) is 55.5 Å². The van der Waals surface area contributed by atoms with Gasteiger partial charge >= 0.3 is 0 Å². The Hall–Kier alpha value is -2.88. The molecule has 0 aliphatic heterocycles. The van der Waals surface area contributed by atoms with Crippen molar-refractivity contribution in [2.45, 2.75) is 13.8 Å². The molecule has 1 aromatic heterocycles. The number of carbonyl (C=O) groups excluding carboxylic acids is 2. The Balaban J connectivity index is 0.000000338. The fraction of sp³-hybridized carbons (Fsp3) is 0.158. The van der Waals surface area contributed by atoms with Crippen LogP contribution >= 0.6 is 0 Å². The van der Waals surface area contributed by atoms with Gasteiger partial charge in [0.2, 0.25) is 0 Å². The summed E-state index contributed by atoms with van der Waals surface area (Å²) >= 11 is 0. The van der Waals surface area contributed by atoms with Gasteiger partial charge in [-0.25, -0.2) is 0 Å². The van der Waals surface area contributed by atoms with Crippen molar-refractivity contribution in [3.8, 4) is 0 Å².